The van der Waals surface area contributed by atoms with Gasteiger partial charge in [0, 0.05) is 24.0 Å². The van der Waals surface area contributed by atoms with Gasteiger partial charge in [-0.1, -0.05) is 84.8 Å². The molecule has 0 heterocycles. The molecule has 0 spiro atoms. The lowest BCUT2D eigenvalue weighted by Crippen LogP contribution is -2.54. The molecule has 2 unspecified atom stereocenters. The zero-order valence-corrected chi connectivity index (χ0v) is 28.6. The second-order valence-corrected chi connectivity index (χ2v) is 14.1. The third kappa shape index (κ3) is 8.77. The van der Waals surface area contributed by atoms with Gasteiger partial charge in [0.2, 0.25) is 11.8 Å². The lowest BCUT2D eigenvalue weighted by Gasteiger charge is -2.34. The van der Waals surface area contributed by atoms with Crippen LogP contribution in [0.3, 0.4) is 0 Å². The Hall–Kier alpha value is -4.14. The molecule has 46 heavy (non-hydrogen) atoms. The summed E-state index contributed by atoms with van der Waals surface area (Å²) in [6.07, 6.45) is 0.959. The number of nitrogens with zero attached hydrogens (tertiary/aromatic N) is 2. The van der Waals surface area contributed by atoms with Gasteiger partial charge in [-0.3, -0.25) is 13.9 Å². The van der Waals surface area contributed by atoms with Crippen LogP contribution in [-0.2, 0) is 32.6 Å². The number of hydrogen-bond acceptors (Lipinski definition) is 4. The van der Waals surface area contributed by atoms with Gasteiger partial charge in [0.05, 0.1) is 10.6 Å². The molecule has 4 aromatic carbocycles. The first-order chi connectivity index (χ1) is 21.9. The van der Waals surface area contributed by atoms with Crippen molar-refractivity contribution in [3.63, 3.8) is 0 Å². The van der Waals surface area contributed by atoms with E-state index in [9.17, 15) is 18.0 Å². The van der Waals surface area contributed by atoms with Gasteiger partial charge in [-0.2, -0.15) is 0 Å². The number of carbonyl (C=O) groups is 2. The minimum atomic E-state index is -4.17. The van der Waals surface area contributed by atoms with Crippen LogP contribution in [0.15, 0.2) is 102 Å². The van der Waals surface area contributed by atoms with E-state index in [2.05, 4.69) is 5.32 Å². The monoisotopic (exact) mass is 659 g/mol. The van der Waals surface area contributed by atoms with Gasteiger partial charge in [0.25, 0.3) is 10.0 Å². The summed E-state index contributed by atoms with van der Waals surface area (Å²) < 4.78 is 29.6. The number of rotatable bonds is 13. The van der Waals surface area contributed by atoms with Crippen molar-refractivity contribution in [2.45, 2.75) is 71.0 Å². The topological polar surface area (TPSA) is 86.8 Å². The summed E-state index contributed by atoms with van der Waals surface area (Å²) in [7, 11) is -4.17. The van der Waals surface area contributed by atoms with Crippen molar-refractivity contribution in [2.24, 2.45) is 0 Å². The van der Waals surface area contributed by atoms with Crippen LogP contribution in [0.2, 0.25) is 5.02 Å². The first-order valence-corrected chi connectivity index (χ1v) is 17.3. The van der Waals surface area contributed by atoms with Gasteiger partial charge in [0.1, 0.15) is 12.6 Å². The molecule has 0 radical (unpaired) electrons. The normalized spacial score (nSPS) is 12.7. The molecule has 0 bridgehead atoms. The summed E-state index contributed by atoms with van der Waals surface area (Å²) in [6, 6.07) is 27.4. The molecule has 1 N–H and O–H groups in total. The number of halogens is 1. The Morgan fingerprint density at radius 3 is 2.09 bits per heavy atom. The third-order valence-corrected chi connectivity index (χ3v) is 10.2. The van der Waals surface area contributed by atoms with E-state index in [4.69, 9.17) is 11.6 Å². The van der Waals surface area contributed by atoms with E-state index in [0.29, 0.717) is 17.1 Å². The minimum Gasteiger partial charge on any atom is -0.352 e. The molecule has 9 heteroatoms. The van der Waals surface area contributed by atoms with Gasteiger partial charge in [-0.25, -0.2) is 8.42 Å². The predicted molar refractivity (Wildman–Crippen MR) is 185 cm³/mol. The van der Waals surface area contributed by atoms with Crippen LogP contribution < -0.4 is 9.62 Å². The third-order valence-electron chi connectivity index (χ3n) is 8.20. The lowest BCUT2D eigenvalue weighted by atomic mass is 10.0. The fourth-order valence-electron chi connectivity index (χ4n) is 5.03. The number of sulfonamides is 1. The van der Waals surface area contributed by atoms with Crippen LogP contribution in [0.5, 0.6) is 0 Å². The summed E-state index contributed by atoms with van der Waals surface area (Å²) in [4.78, 5) is 30.1. The van der Waals surface area contributed by atoms with E-state index >= 15 is 0 Å². The second kappa shape index (κ2) is 15.4. The highest BCUT2D eigenvalue weighted by Crippen LogP contribution is 2.27. The smallest absolute Gasteiger partial charge is 0.264 e. The second-order valence-electron chi connectivity index (χ2n) is 11.8. The maximum Gasteiger partial charge on any atom is 0.264 e. The molecule has 0 aliphatic carbocycles. The molecule has 7 nitrogen and oxygen atoms in total. The van der Waals surface area contributed by atoms with Crippen LogP contribution in [0.1, 0.15) is 48.1 Å². The Morgan fingerprint density at radius 2 is 1.48 bits per heavy atom. The van der Waals surface area contributed by atoms with Gasteiger partial charge in [0.15, 0.2) is 0 Å². The number of aryl methyl sites for hydroxylation is 3. The van der Waals surface area contributed by atoms with Crippen molar-refractivity contribution in [1.29, 1.82) is 0 Å². The number of benzene rings is 4. The van der Waals surface area contributed by atoms with Crippen molar-refractivity contribution in [3.05, 3.63) is 130 Å². The lowest BCUT2D eigenvalue weighted by molar-refractivity contribution is -0.140. The molecule has 0 aromatic heterocycles. The Labute approximate surface area is 278 Å². The van der Waals surface area contributed by atoms with Gasteiger partial charge in [-0.15, -0.1) is 0 Å². The van der Waals surface area contributed by atoms with Crippen LogP contribution in [-0.4, -0.2) is 43.8 Å². The molecule has 4 aromatic rings. The molecular formula is C37H42ClN3O4S. The van der Waals surface area contributed by atoms with Crippen molar-refractivity contribution in [1.82, 2.24) is 10.2 Å². The largest absolute Gasteiger partial charge is 0.352 e. The molecular weight excluding hydrogens is 618 g/mol. The van der Waals surface area contributed by atoms with E-state index in [1.165, 1.54) is 4.90 Å². The van der Waals surface area contributed by atoms with Gasteiger partial charge in [-0.05, 0) is 92.8 Å². The molecule has 242 valence electrons. The average Bonchev–Trinajstić information content (AvgIpc) is 3.04. The van der Waals surface area contributed by atoms with Crippen molar-refractivity contribution >= 4 is 39.1 Å². The standard InChI is InChI=1S/C37H42ClN3O4S/c1-6-29(5)39-37(43)35(23-30-10-8-7-9-11-30)40(24-31-15-17-32(38)18-16-31)36(42)25-41(33-19-14-27(3)28(4)22-33)46(44,45)34-20-12-26(2)13-21-34/h7-22,29,35H,6,23-25H2,1-5H3,(H,39,43). The fourth-order valence-corrected chi connectivity index (χ4v) is 6.56. The van der Waals surface area contributed by atoms with E-state index in [1.807, 2.05) is 71.0 Å². The van der Waals surface area contributed by atoms with Crippen LogP contribution in [0, 0.1) is 20.8 Å². The number of amides is 2. The highest BCUT2D eigenvalue weighted by atomic mass is 35.5. The molecule has 2 amide bonds. The molecule has 4 rings (SSSR count). The summed E-state index contributed by atoms with van der Waals surface area (Å²) >= 11 is 6.16. The summed E-state index contributed by atoms with van der Waals surface area (Å²) in [5.74, 6) is -0.816. The molecule has 2 atom stereocenters. The molecule has 0 aliphatic heterocycles. The zero-order valence-electron chi connectivity index (χ0n) is 27.0. The molecule has 0 saturated heterocycles. The number of carbonyl (C=O) groups excluding carboxylic acids is 2. The first kappa shape index (κ1) is 34.7. The summed E-state index contributed by atoms with van der Waals surface area (Å²) in [5, 5.41) is 3.60. The van der Waals surface area contributed by atoms with Gasteiger partial charge >= 0.3 is 0 Å². The van der Waals surface area contributed by atoms with Crippen molar-refractivity contribution in [2.75, 3.05) is 10.8 Å². The fraction of sp³-hybridized carbons (Fsp3) is 0.297. The molecule has 0 saturated carbocycles. The maximum atomic E-state index is 14.6. The van der Waals surface area contributed by atoms with Crippen molar-refractivity contribution < 1.29 is 18.0 Å². The Morgan fingerprint density at radius 1 is 0.826 bits per heavy atom. The van der Waals surface area contributed by atoms with E-state index in [0.717, 1.165) is 32.1 Å². The first-order valence-electron chi connectivity index (χ1n) is 15.4. The number of hydrogen-bond donors (Lipinski definition) is 1. The highest BCUT2D eigenvalue weighted by molar-refractivity contribution is 7.92. The summed E-state index contributed by atoms with van der Waals surface area (Å²) in [6.45, 7) is 9.19. The SMILES string of the molecule is CCC(C)NC(=O)C(Cc1ccccc1)N(Cc1ccc(Cl)cc1)C(=O)CN(c1ccc(C)c(C)c1)S(=O)(=O)c1ccc(C)cc1. The Bertz CT molecular complexity index is 1740. The van der Waals surface area contributed by atoms with E-state index < -0.39 is 28.5 Å². The number of nitrogens with one attached hydrogen (secondary N) is 1. The van der Waals surface area contributed by atoms with Crippen LogP contribution in [0.25, 0.3) is 0 Å². The predicted octanol–water partition coefficient (Wildman–Crippen LogP) is 7.02. The van der Waals surface area contributed by atoms with Crippen molar-refractivity contribution in [3.8, 4) is 0 Å². The van der Waals surface area contributed by atoms with Crippen LogP contribution in [0.4, 0.5) is 5.69 Å². The van der Waals surface area contributed by atoms with Crippen LogP contribution >= 0.6 is 11.6 Å². The highest BCUT2D eigenvalue weighted by Gasteiger charge is 2.35. The van der Waals surface area contributed by atoms with E-state index in [1.54, 1.807) is 60.7 Å². The van der Waals surface area contributed by atoms with E-state index in [-0.39, 0.29) is 29.8 Å². The summed E-state index contributed by atoms with van der Waals surface area (Å²) in [5.41, 5.74) is 4.80. The maximum absolute atomic E-state index is 14.6. The molecule has 0 fully saturated rings. The Kier molecular flexibility index (Phi) is 11.7. The zero-order chi connectivity index (χ0) is 33.4. The average molecular weight is 660 g/mol. The Balaban J connectivity index is 1.82. The van der Waals surface area contributed by atoms with Gasteiger partial charge < -0.3 is 10.2 Å². The quantitative estimate of drug-likeness (QED) is 0.167. The minimum absolute atomic E-state index is 0.0729. The molecule has 0 aliphatic rings. The number of anilines is 1.